The first-order valence-electron chi connectivity index (χ1n) is 9.40. The van der Waals surface area contributed by atoms with Crippen molar-refractivity contribution in [2.24, 2.45) is 0 Å². The van der Waals surface area contributed by atoms with Crippen LogP contribution in [0.5, 0.6) is 17.2 Å². The van der Waals surface area contributed by atoms with Gasteiger partial charge in [-0.1, -0.05) is 0 Å². The van der Waals surface area contributed by atoms with Crippen molar-refractivity contribution in [1.29, 1.82) is 0 Å². The number of nitrogens with one attached hydrogen (secondary N) is 1. The number of carbonyl (C=O) groups is 2. The first-order chi connectivity index (χ1) is 14.0. The predicted molar refractivity (Wildman–Crippen MR) is 103 cm³/mol. The van der Waals surface area contributed by atoms with Gasteiger partial charge in [-0.3, -0.25) is 4.90 Å². The second-order valence-corrected chi connectivity index (χ2v) is 7.39. The number of nitrogens with zero attached hydrogens (tertiary/aromatic N) is 1. The third-order valence-electron chi connectivity index (χ3n) is 5.48. The van der Waals surface area contributed by atoms with Crippen LogP contribution in [0, 0.1) is 0 Å². The predicted octanol–water partition coefficient (Wildman–Crippen LogP) is 3.01. The Morgan fingerprint density at radius 1 is 1.14 bits per heavy atom. The third kappa shape index (κ3) is 2.74. The van der Waals surface area contributed by atoms with Crippen LogP contribution >= 0.6 is 0 Å². The first kappa shape index (κ1) is 17.7. The summed E-state index contributed by atoms with van der Waals surface area (Å²) in [5.41, 5.74) is 0.946. The Hall–Kier alpha value is -3.42. The van der Waals surface area contributed by atoms with Gasteiger partial charge >= 0.3 is 12.0 Å². The number of amides is 2. The SMILES string of the molecule is COC(=O)c1ccc2c(c1)[C@@H]1C[C@](C)(O2)N(c2ccc3c(c2)OCCO3)C(=O)N1. The van der Waals surface area contributed by atoms with Crippen molar-refractivity contribution in [3.63, 3.8) is 0 Å². The molecule has 8 heteroatoms. The van der Waals surface area contributed by atoms with Crippen LogP contribution < -0.4 is 24.4 Å². The number of urea groups is 1. The second kappa shape index (κ2) is 6.30. The minimum absolute atomic E-state index is 0.269. The number of rotatable bonds is 2. The van der Waals surface area contributed by atoms with Gasteiger partial charge in [0.15, 0.2) is 17.2 Å². The summed E-state index contributed by atoms with van der Waals surface area (Å²) in [6, 6.07) is 9.97. The molecule has 0 radical (unpaired) electrons. The van der Waals surface area contributed by atoms with Gasteiger partial charge in [0, 0.05) is 18.1 Å². The fraction of sp³-hybridized carbons (Fsp3) is 0.333. The van der Waals surface area contributed by atoms with Crippen molar-refractivity contribution in [1.82, 2.24) is 5.32 Å². The molecule has 3 aliphatic rings. The lowest BCUT2D eigenvalue weighted by Crippen LogP contribution is -2.65. The number of anilines is 1. The molecule has 1 N–H and O–H groups in total. The van der Waals surface area contributed by atoms with Crippen molar-refractivity contribution < 1.29 is 28.5 Å². The third-order valence-corrected chi connectivity index (χ3v) is 5.48. The Morgan fingerprint density at radius 3 is 2.69 bits per heavy atom. The summed E-state index contributed by atoms with van der Waals surface area (Å²) < 4.78 is 22.3. The largest absolute Gasteiger partial charge is 0.486 e. The van der Waals surface area contributed by atoms with Crippen LogP contribution in [0.15, 0.2) is 36.4 Å². The molecular formula is C21H20N2O6. The number of esters is 1. The molecule has 8 nitrogen and oxygen atoms in total. The van der Waals surface area contributed by atoms with Crippen LogP contribution in [-0.4, -0.2) is 38.0 Å². The smallest absolute Gasteiger partial charge is 0.337 e. The molecule has 29 heavy (non-hydrogen) atoms. The average molecular weight is 396 g/mol. The molecule has 1 fully saturated rings. The van der Waals surface area contributed by atoms with E-state index >= 15 is 0 Å². The number of fused-ring (bicyclic) bond motifs is 5. The molecule has 2 aromatic rings. The van der Waals surface area contributed by atoms with Crippen molar-refractivity contribution in [3.05, 3.63) is 47.5 Å². The maximum atomic E-state index is 13.0. The molecule has 150 valence electrons. The van der Waals surface area contributed by atoms with E-state index in [2.05, 4.69) is 5.32 Å². The minimum Gasteiger partial charge on any atom is -0.486 e. The summed E-state index contributed by atoms with van der Waals surface area (Å²) in [4.78, 5) is 26.5. The quantitative estimate of drug-likeness (QED) is 0.786. The molecule has 1 saturated heterocycles. The van der Waals surface area contributed by atoms with Crippen LogP contribution in [0.1, 0.15) is 35.3 Å². The van der Waals surface area contributed by atoms with Crippen molar-refractivity contribution >= 4 is 17.7 Å². The number of methoxy groups -OCH3 is 1. The summed E-state index contributed by atoms with van der Waals surface area (Å²) >= 11 is 0. The van der Waals surface area contributed by atoms with E-state index in [-0.39, 0.29) is 12.1 Å². The Morgan fingerprint density at radius 2 is 1.90 bits per heavy atom. The number of ether oxygens (including phenoxy) is 4. The normalized spacial score (nSPS) is 24.1. The van der Waals surface area contributed by atoms with Crippen LogP contribution in [0.3, 0.4) is 0 Å². The fourth-order valence-corrected chi connectivity index (χ4v) is 4.18. The highest BCUT2D eigenvalue weighted by atomic mass is 16.6. The van der Waals surface area contributed by atoms with Gasteiger partial charge < -0.3 is 24.3 Å². The van der Waals surface area contributed by atoms with E-state index in [1.54, 1.807) is 35.2 Å². The summed E-state index contributed by atoms with van der Waals surface area (Å²) in [6.07, 6.45) is 0.519. The Labute approximate surface area is 167 Å². The molecule has 2 aromatic carbocycles. The number of carbonyl (C=O) groups excluding carboxylic acids is 2. The number of hydrogen-bond donors (Lipinski definition) is 1. The van der Waals surface area contributed by atoms with E-state index in [1.807, 2.05) is 13.0 Å². The van der Waals surface area contributed by atoms with Gasteiger partial charge in [-0.25, -0.2) is 9.59 Å². The first-order valence-corrected chi connectivity index (χ1v) is 9.40. The standard InChI is InChI=1S/C21H20N2O6/c1-21-11-15(14-9-12(19(24)26-2)3-5-16(14)29-21)22-20(25)23(21)13-4-6-17-18(10-13)28-8-7-27-17/h3-6,9-10,15H,7-8,11H2,1-2H3,(H,22,25)/t15-,21-/m0/s1. The van der Waals surface area contributed by atoms with Crippen LogP contribution in [-0.2, 0) is 4.74 Å². The lowest BCUT2D eigenvalue weighted by Gasteiger charge is -2.50. The average Bonchev–Trinajstić information content (AvgIpc) is 2.72. The highest BCUT2D eigenvalue weighted by Crippen LogP contribution is 2.47. The van der Waals surface area contributed by atoms with Crippen molar-refractivity contribution in [2.45, 2.75) is 25.1 Å². The van der Waals surface area contributed by atoms with E-state index in [0.29, 0.717) is 48.1 Å². The topological polar surface area (TPSA) is 86.3 Å². The van der Waals surface area contributed by atoms with E-state index in [1.165, 1.54) is 7.11 Å². The summed E-state index contributed by atoms with van der Waals surface area (Å²) in [6.45, 7) is 2.85. The maximum absolute atomic E-state index is 13.0. The number of benzene rings is 2. The van der Waals surface area contributed by atoms with Gasteiger partial charge in [0.05, 0.1) is 24.4 Å². The van der Waals surface area contributed by atoms with Crippen LogP contribution in [0.25, 0.3) is 0 Å². The zero-order chi connectivity index (χ0) is 20.2. The highest BCUT2D eigenvalue weighted by molar-refractivity contribution is 5.95. The zero-order valence-electron chi connectivity index (χ0n) is 16.1. The second-order valence-electron chi connectivity index (χ2n) is 7.39. The lowest BCUT2D eigenvalue weighted by molar-refractivity contribution is 0.0377. The molecule has 0 spiro atoms. The van der Waals surface area contributed by atoms with Gasteiger partial charge in [-0.2, -0.15) is 0 Å². The Kier molecular flexibility index (Phi) is 3.84. The van der Waals surface area contributed by atoms with Gasteiger partial charge in [0.2, 0.25) is 0 Å². The molecule has 0 aliphatic carbocycles. The highest BCUT2D eigenvalue weighted by Gasteiger charge is 2.50. The van der Waals surface area contributed by atoms with Gasteiger partial charge in [0.25, 0.3) is 0 Å². The van der Waals surface area contributed by atoms with Crippen LogP contribution in [0.2, 0.25) is 0 Å². The van der Waals surface area contributed by atoms with Crippen LogP contribution in [0.4, 0.5) is 10.5 Å². The van der Waals surface area contributed by atoms with E-state index < -0.39 is 11.7 Å². The van der Waals surface area contributed by atoms with Gasteiger partial charge in [-0.15, -0.1) is 0 Å². The zero-order valence-corrected chi connectivity index (χ0v) is 16.1. The maximum Gasteiger partial charge on any atom is 0.337 e. The summed E-state index contributed by atoms with van der Waals surface area (Å²) in [7, 11) is 1.34. The van der Waals surface area contributed by atoms with Gasteiger partial charge in [-0.05, 0) is 37.3 Å². The molecule has 5 rings (SSSR count). The van der Waals surface area contributed by atoms with Crippen molar-refractivity contribution in [3.8, 4) is 17.2 Å². The molecule has 2 bridgehead atoms. The molecule has 0 aromatic heterocycles. The Bertz CT molecular complexity index is 1020. The molecular weight excluding hydrogens is 376 g/mol. The molecule has 0 saturated carbocycles. The summed E-state index contributed by atoms with van der Waals surface area (Å²) in [5, 5.41) is 3.02. The van der Waals surface area contributed by atoms with Gasteiger partial charge in [0.1, 0.15) is 19.0 Å². The van der Waals surface area contributed by atoms with E-state index in [4.69, 9.17) is 18.9 Å². The lowest BCUT2D eigenvalue weighted by atomic mass is 9.89. The van der Waals surface area contributed by atoms with Crippen molar-refractivity contribution in [2.75, 3.05) is 25.2 Å². The molecule has 2 atom stereocenters. The fourth-order valence-electron chi connectivity index (χ4n) is 4.18. The molecule has 0 unspecified atom stereocenters. The number of hydrogen-bond acceptors (Lipinski definition) is 6. The Balaban J connectivity index is 1.53. The monoisotopic (exact) mass is 396 g/mol. The molecule has 3 heterocycles. The minimum atomic E-state index is -0.892. The van der Waals surface area contributed by atoms with E-state index in [9.17, 15) is 9.59 Å². The van der Waals surface area contributed by atoms with E-state index in [0.717, 1.165) is 5.56 Å². The molecule has 2 amide bonds. The molecule has 3 aliphatic heterocycles. The summed E-state index contributed by atoms with van der Waals surface area (Å²) in [5.74, 6) is 1.46.